The standard InChI is InChI=1S/C14H18ClNO4/c1-16(8-6-14(18)19-2)13(17)7-9-20-12-5-3-4-11(15)10-12/h3-5,10H,6-9H2,1-2H3. The van der Waals surface area contributed by atoms with Crippen LogP contribution in [0.1, 0.15) is 12.8 Å². The molecule has 0 bridgehead atoms. The van der Waals surface area contributed by atoms with Gasteiger partial charge in [-0.3, -0.25) is 9.59 Å². The first-order valence-corrected chi connectivity index (χ1v) is 6.60. The summed E-state index contributed by atoms with van der Waals surface area (Å²) in [6.07, 6.45) is 0.429. The molecule has 0 N–H and O–H groups in total. The maximum Gasteiger partial charge on any atom is 0.307 e. The van der Waals surface area contributed by atoms with E-state index in [1.165, 1.54) is 12.0 Å². The maximum atomic E-state index is 11.8. The lowest BCUT2D eigenvalue weighted by Gasteiger charge is -2.16. The molecule has 0 aliphatic carbocycles. The van der Waals surface area contributed by atoms with Crippen molar-refractivity contribution in [2.75, 3.05) is 27.3 Å². The van der Waals surface area contributed by atoms with Crippen LogP contribution in [0.3, 0.4) is 0 Å². The highest BCUT2D eigenvalue weighted by molar-refractivity contribution is 6.30. The van der Waals surface area contributed by atoms with Crippen LogP contribution in [0.25, 0.3) is 0 Å². The maximum absolute atomic E-state index is 11.8. The Hall–Kier alpha value is -1.75. The number of ether oxygens (including phenoxy) is 2. The molecule has 0 radical (unpaired) electrons. The molecule has 1 aromatic rings. The normalized spacial score (nSPS) is 9.95. The van der Waals surface area contributed by atoms with Crippen molar-refractivity contribution in [1.82, 2.24) is 4.90 Å². The molecule has 0 aromatic heterocycles. The van der Waals surface area contributed by atoms with Crippen molar-refractivity contribution >= 4 is 23.5 Å². The van der Waals surface area contributed by atoms with Crippen LogP contribution in [0, 0.1) is 0 Å². The van der Waals surface area contributed by atoms with E-state index in [4.69, 9.17) is 16.3 Å². The number of nitrogens with zero attached hydrogens (tertiary/aromatic N) is 1. The number of methoxy groups -OCH3 is 1. The number of benzene rings is 1. The fourth-order valence-electron chi connectivity index (χ4n) is 1.49. The summed E-state index contributed by atoms with van der Waals surface area (Å²) < 4.78 is 9.95. The second-order valence-electron chi connectivity index (χ2n) is 4.20. The van der Waals surface area contributed by atoms with E-state index in [9.17, 15) is 9.59 Å². The summed E-state index contributed by atoms with van der Waals surface area (Å²) in [5.74, 6) is 0.207. The lowest BCUT2D eigenvalue weighted by Crippen LogP contribution is -2.30. The van der Waals surface area contributed by atoms with Crippen molar-refractivity contribution in [2.24, 2.45) is 0 Å². The van der Waals surface area contributed by atoms with E-state index in [0.29, 0.717) is 17.3 Å². The SMILES string of the molecule is COC(=O)CCN(C)C(=O)CCOc1cccc(Cl)c1. The number of carbonyl (C=O) groups is 2. The lowest BCUT2D eigenvalue weighted by molar-refractivity contribution is -0.141. The smallest absolute Gasteiger partial charge is 0.307 e. The molecule has 1 aromatic carbocycles. The number of carbonyl (C=O) groups excluding carboxylic acids is 2. The molecule has 0 saturated heterocycles. The van der Waals surface area contributed by atoms with E-state index in [0.717, 1.165) is 0 Å². The molecule has 5 nitrogen and oxygen atoms in total. The zero-order valence-electron chi connectivity index (χ0n) is 11.6. The van der Waals surface area contributed by atoms with Gasteiger partial charge < -0.3 is 14.4 Å². The molecule has 1 rings (SSSR count). The van der Waals surface area contributed by atoms with Gasteiger partial charge in [0.1, 0.15) is 5.75 Å². The predicted octanol–water partition coefficient (Wildman–Crippen LogP) is 2.13. The highest BCUT2D eigenvalue weighted by Gasteiger charge is 2.11. The molecule has 6 heteroatoms. The van der Waals surface area contributed by atoms with Crippen molar-refractivity contribution in [3.63, 3.8) is 0 Å². The van der Waals surface area contributed by atoms with E-state index in [2.05, 4.69) is 4.74 Å². The Kier molecular flexibility index (Phi) is 6.87. The van der Waals surface area contributed by atoms with E-state index < -0.39 is 0 Å². The van der Waals surface area contributed by atoms with Gasteiger partial charge in [0.25, 0.3) is 0 Å². The Balaban J connectivity index is 2.27. The highest BCUT2D eigenvalue weighted by Crippen LogP contribution is 2.17. The summed E-state index contributed by atoms with van der Waals surface area (Å²) >= 11 is 5.82. The van der Waals surface area contributed by atoms with Gasteiger partial charge in [-0.25, -0.2) is 0 Å². The van der Waals surface area contributed by atoms with Crippen LogP contribution in [0.5, 0.6) is 5.75 Å². The number of amides is 1. The van der Waals surface area contributed by atoms with Gasteiger partial charge in [0.15, 0.2) is 0 Å². The number of halogens is 1. The van der Waals surface area contributed by atoms with Crippen LogP contribution < -0.4 is 4.74 Å². The quantitative estimate of drug-likeness (QED) is 0.724. The van der Waals surface area contributed by atoms with Crippen LogP contribution in [0.15, 0.2) is 24.3 Å². The third kappa shape index (κ3) is 5.93. The van der Waals surface area contributed by atoms with Gasteiger partial charge in [0, 0.05) is 18.6 Å². The Bertz CT molecular complexity index is 464. The highest BCUT2D eigenvalue weighted by atomic mass is 35.5. The van der Waals surface area contributed by atoms with Crippen LogP contribution in [0.4, 0.5) is 0 Å². The summed E-state index contributed by atoms with van der Waals surface area (Å²) in [6.45, 7) is 0.602. The average molecular weight is 300 g/mol. The van der Waals surface area contributed by atoms with Gasteiger partial charge in [-0.05, 0) is 18.2 Å². The number of rotatable bonds is 7. The Labute approximate surface area is 123 Å². The largest absolute Gasteiger partial charge is 0.493 e. The van der Waals surface area contributed by atoms with Gasteiger partial charge in [0.05, 0.1) is 26.6 Å². The topological polar surface area (TPSA) is 55.8 Å². The molecule has 0 fully saturated rings. The summed E-state index contributed by atoms with van der Waals surface area (Å²) in [6, 6.07) is 6.99. The first-order valence-electron chi connectivity index (χ1n) is 6.22. The lowest BCUT2D eigenvalue weighted by atomic mass is 10.3. The van der Waals surface area contributed by atoms with Crippen molar-refractivity contribution in [3.05, 3.63) is 29.3 Å². The number of esters is 1. The molecule has 0 spiro atoms. The summed E-state index contributed by atoms with van der Waals surface area (Å²) in [4.78, 5) is 24.2. The fraction of sp³-hybridized carbons (Fsp3) is 0.429. The molecular formula is C14H18ClNO4. The van der Waals surface area contributed by atoms with E-state index >= 15 is 0 Å². The molecule has 0 aliphatic heterocycles. The van der Waals surface area contributed by atoms with Crippen LogP contribution >= 0.6 is 11.6 Å². The first kappa shape index (κ1) is 16.3. The average Bonchev–Trinajstić information content (AvgIpc) is 2.44. The van der Waals surface area contributed by atoms with E-state index in [1.807, 2.05) is 0 Å². The summed E-state index contributed by atoms with van der Waals surface area (Å²) in [5.41, 5.74) is 0. The first-order chi connectivity index (χ1) is 9.52. The Morgan fingerprint density at radius 1 is 1.30 bits per heavy atom. The minimum absolute atomic E-state index is 0.0871. The summed E-state index contributed by atoms with van der Waals surface area (Å²) in [5, 5.41) is 0.587. The van der Waals surface area contributed by atoms with Crippen molar-refractivity contribution < 1.29 is 19.1 Å². The molecule has 0 atom stereocenters. The van der Waals surface area contributed by atoms with Crippen LogP contribution in [-0.2, 0) is 14.3 Å². The van der Waals surface area contributed by atoms with Crippen molar-refractivity contribution in [3.8, 4) is 5.75 Å². The zero-order chi connectivity index (χ0) is 15.0. The molecule has 0 unspecified atom stereocenters. The van der Waals surface area contributed by atoms with E-state index in [-0.39, 0.29) is 31.3 Å². The molecule has 20 heavy (non-hydrogen) atoms. The van der Waals surface area contributed by atoms with E-state index in [1.54, 1.807) is 31.3 Å². The Morgan fingerprint density at radius 3 is 2.70 bits per heavy atom. The summed E-state index contributed by atoms with van der Waals surface area (Å²) in [7, 11) is 2.97. The molecule has 0 aliphatic rings. The molecule has 0 saturated carbocycles. The number of hydrogen-bond donors (Lipinski definition) is 0. The predicted molar refractivity (Wildman–Crippen MR) is 75.8 cm³/mol. The second kappa shape index (κ2) is 8.43. The Morgan fingerprint density at radius 2 is 2.05 bits per heavy atom. The van der Waals surface area contributed by atoms with Crippen LogP contribution in [0.2, 0.25) is 5.02 Å². The molecular weight excluding hydrogens is 282 g/mol. The molecule has 1 amide bonds. The van der Waals surface area contributed by atoms with Gasteiger partial charge in [-0.2, -0.15) is 0 Å². The third-order valence-electron chi connectivity index (χ3n) is 2.69. The number of hydrogen-bond acceptors (Lipinski definition) is 4. The minimum Gasteiger partial charge on any atom is -0.493 e. The van der Waals surface area contributed by atoms with Gasteiger partial charge in [0.2, 0.25) is 5.91 Å². The minimum atomic E-state index is -0.333. The second-order valence-corrected chi connectivity index (χ2v) is 4.63. The monoisotopic (exact) mass is 299 g/mol. The van der Waals surface area contributed by atoms with Gasteiger partial charge in [-0.1, -0.05) is 17.7 Å². The zero-order valence-corrected chi connectivity index (χ0v) is 12.4. The van der Waals surface area contributed by atoms with Crippen molar-refractivity contribution in [1.29, 1.82) is 0 Å². The van der Waals surface area contributed by atoms with Crippen LogP contribution in [-0.4, -0.2) is 44.1 Å². The van der Waals surface area contributed by atoms with Gasteiger partial charge >= 0.3 is 5.97 Å². The van der Waals surface area contributed by atoms with Gasteiger partial charge in [-0.15, -0.1) is 0 Å². The molecule has 0 heterocycles. The third-order valence-corrected chi connectivity index (χ3v) is 2.92. The fourth-order valence-corrected chi connectivity index (χ4v) is 1.67. The molecule has 110 valence electrons. The van der Waals surface area contributed by atoms with Crippen molar-refractivity contribution in [2.45, 2.75) is 12.8 Å².